The summed E-state index contributed by atoms with van der Waals surface area (Å²) in [7, 11) is -3.58. The molecule has 0 unspecified atom stereocenters. The molecule has 0 fully saturated rings. The van der Waals surface area contributed by atoms with Gasteiger partial charge in [0.15, 0.2) is 0 Å². The number of amides is 1. The van der Waals surface area contributed by atoms with Gasteiger partial charge < -0.3 is 5.32 Å². The van der Waals surface area contributed by atoms with Crippen LogP contribution in [0.25, 0.3) is 6.08 Å². The molecule has 0 bridgehead atoms. The number of benzene rings is 2. The molecule has 2 rings (SSSR count). The van der Waals surface area contributed by atoms with Crippen molar-refractivity contribution in [2.24, 2.45) is 5.14 Å². The van der Waals surface area contributed by atoms with Crippen LogP contribution in [0.2, 0.25) is 0 Å². The number of hydrogen-bond acceptors (Lipinski definition) is 3. The molecule has 0 aliphatic rings. The molecular weight excluding hydrogens is 331 g/mol. The zero-order valence-electron chi connectivity index (χ0n) is 12.8. The van der Waals surface area contributed by atoms with Crippen molar-refractivity contribution in [2.75, 3.05) is 5.32 Å². The van der Waals surface area contributed by atoms with Crippen LogP contribution in [0.3, 0.4) is 0 Å². The Balaban J connectivity index is 1.88. The third-order valence-corrected chi connectivity index (χ3v) is 3.80. The van der Waals surface area contributed by atoms with Crippen LogP contribution in [0.15, 0.2) is 54.6 Å². The summed E-state index contributed by atoms with van der Waals surface area (Å²) in [6.07, 6.45) is 3.44. The van der Waals surface area contributed by atoms with Crippen LogP contribution >= 0.6 is 0 Å². The Kier molecular flexibility index (Phi) is 5.83. The predicted octanol–water partition coefficient (Wildman–Crippen LogP) is 2.66. The number of primary sulfonamides is 1. The third kappa shape index (κ3) is 6.31. The molecule has 0 radical (unpaired) electrons. The lowest BCUT2D eigenvalue weighted by molar-refractivity contribution is -0.115. The van der Waals surface area contributed by atoms with E-state index in [4.69, 9.17) is 5.14 Å². The van der Waals surface area contributed by atoms with Gasteiger partial charge in [-0.2, -0.15) is 0 Å². The average molecular weight is 348 g/mol. The first-order chi connectivity index (χ1) is 11.3. The first-order valence-corrected chi connectivity index (χ1v) is 8.85. The van der Waals surface area contributed by atoms with Gasteiger partial charge in [-0.05, 0) is 35.4 Å². The summed E-state index contributed by atoms with van der Waals surface area (Å²) in [6.45, 7) is 0. The minimum absolute atomic E-state index is 0.134. The van der Waals surface area contributed by atoms with Crippen molar-refractivity contribution in [2.45, 2.75) is 12.2 Å². The largest absolute Gasteiger partial charge is 0.326 e. The van der Waals surface area contributed by atoms with Crippen molar-refractivity contribution in [1.29, 1.82) is 0 Å². The zero-order chi connectivity index (χ0) is 17.6. The van der Waals surface area contributed by atoms with Crippen molar-refractivity contribution in [3.05, 3.63) is 71.6 Å². The van der Waals surface area contributed by atoms with Crippen LogP contribution in [0, 0.1) is 5.82 Å². The Morgan fingerprint density at radius 3 is 2.50 bits per heavy atom. The summed E-state index contributed by atoms with van der Waals surface area (Å²) in [5.41, 5.74) is 1.77. The maximum absolute atomic E-state index is 13.0. The molecule has 2 aromatic rings. The second kappa shape index (κ2) is 7.85. The molecule has 0 spiro atoms. The highest BCUT2D eigenvalue weighted by atomic mass is 32.2. The Morgan fingerprint density at radius 2 is 1.88 bits per heavy atom. The highest BCUT2D eigenvalue weighted by molar-refractivity contribution is 7.88. The highest BCUT2D eigenvalue weighted by Crippen LogP contribution is 2.12. The molecule has 3 N–H and O–H groups in total. The van der Waals surface area contributed by atoms with Gasteiger partial charge in [-0.1, -0.05) is 36.4 Å². The maximum atomic E-state index is 13.0. The van der Waals surface area contributed by atoms with E-state index in [9.17, 15) is 17.6 Å². The first-order valence-electron chi connectivity index (χ1n) is 7.13. The van der Waals surface area contributed by atoms with Crippen LogP contribution < -0.4 is 10.5 Å². The zero-order valence-corrected chi connectivity index (χ0v) is 13.6. The SMILES string of the molecule is NS(=O)(=O)Cc1ccc(NC(=O)C/C=C/c2cccc(F)c2)cc1. The normalized spacial score (nSPS) is 11.6. The molecule has 2 aromatic carbocycles. The fourth-order valence-corrected chi connectivity index (χ4v) is 2.70. The number of anilines is 1. The topological polar surface area (TPSA) is 89.3 Å². The van der Waals surface area contributed by atoms with E-state index in [2.05, 4.69) is 5.32 Å². The standard InChI is InChI=1S/C17H17FN2O3S/c18-15-5-1-3-13(11-15)4-2-6-17(21)20-16-9-7-14(8-10-16)12-24(19,22)23/h1-5,7-11H,6,12H2,(H,20,21)(H2,19,22,23)/b4-2+. The fourth-order valence-electron chi connectivity index (χ4n) is 2.04. The van der Waals surface area contributed by atoms with Crippen molar-refractivity contribution >= 4 is 27.7 Å². The van der Waals surface area contributed by atoms with E-state index in [0.29, 0.717) is 16.8 Å². The van der Waals surface area contributed by atoms with E-state index < -0.39 is 10.0 Å². The van der Waals surface area contributed by atoms with Gasteiger partial charge in [-0.15, -0.1) is 0 Å². The van der Waals surface area contributed by atoms with E-state index in [1.54, 1.807) is 48.6 Å². The quantitative estimate of drug-likeness (QED) is 0.841. The van der Waals surface area contributed by atoms with Crippen LogP contribution in [0.5, 0.6) is 0 Å². The van der Waals surface area contributed by atoms with E-state index in [1.807, 2.05) is 0 Å². The number of carbonyl (C=O) groups is 1. The van der Waals surface area contributed by atoms with Crippen LogP contribution in [-0.4, -0.2) is 14.3 Å². The summed E-state index contributed by atoms with van der Waals surface area (Å²) in [6, 6.07) is 12.4. The summed E-state index contributed by atoms with van der Waals surface area (Å²) in [4.78, 5) is 11.8. The molecule has 0 aliphatic carbocycles. The van der Waals surface area contributed by atoms with Gasteiger partial charge in [-0.3, -0.25) is 4.79 Å². The van der Waals surface area contributed by atoms with Gasteiger partial charge in [0, 0.05) is 12.1 Å². The number of halogens is 1. The van der Waals surface area contributed by atoms with Gasteiger partial charge in [-0.25, -0.2) is 17.9 Å². The molecule has 5 nitrogen and oxygen atoms in total. The minimum atomic E-state index is -3.58. The average Bonchev–Trinajstić information content (AvgIpc) is 2.48. The predicted molar refractivity (Wildman–Crippen MR) is 91.9 cm³/mol. The molecular formula is C17H17FN2O3S. The first kappa shape index (κ1) is 17.8. The highest BCUT2D eigenvalue weighted by Gasteiger charge is 2.05. The Bertz CT molecular complexity index is 846. The Morgan fingerprint density at radius 1 is 1.17 bits per heavy atom. The molecule has 0 aromatic heterocycles. The second-order valence-electron chi connectivity index (χ2n) is 5.21. The van der Waals surface area contributed by atoms with Gasteiger partial charge in [0.25, 0.3) is 0 Å². The lowest BCUT2D eigenvalue weighted by Gasteiger charge is -2.05. The third-order valence-electron chi connectivity index (χ3n) is 3.07. The van der Waals surface area contributed by atoms with Gasteiger partial charge >= 0.3 is 0 Å². The Hall–Kier alpha value is -2.51. The smallest absolute Gasteiger partial charge is 0.228 e. The number of rotatable bonds is 6. The summed E-state index contributed by atoms with van der Waals surface area (Å²) in [5, 5.41) is 7.65. The van der Waals surface area contributed by atoms with E-state index in [-0.39, 0.29) is 23.9 Å². The molecule has 0 saturated carbocycles. The van der Waals surface area contributed by atoms with E-state index in [1.165, 1.54) is 12.1 Å². The van der Waals surface area contributed by atoms with Gasteiger partial charge in [0.2, 0.25) is 15.9 Å². The number of nitrogens with one attached hydrogen (secondary N) is 1. The number of hydrogen-bond donors (Lipinski definition) is 2. The van der Waals surface area contributed by atoms with Crippen LogP contribution in [-0.2, 0) is 20.6 Å². The summed E-state index contributed by atoms with van der Waals surface area (Å²) in [5.74, 6) is -0.819. The summed E-state index contributed by atoms with van der Waals surface area (Å²) >= 11 is 0. The van der Waals surface area contributed by atoms with Crippen molar-refractivity contribution < 1.29 is 17.6 Å². The Labute approximate surface area is 140 Å². The molecule has 7 heteroatoms. The number of nitrogens with two attached hydrogens (primary N) is 1. The monoisotopic (exact) mass is 348 g/mol. The fraction of sp³-hybridized carbons (Fsp3) is 0.118. The molecule has 24 heavy (non-hydrogen) atoms. The van der Waals surface area contributed by atoms with Crippen molar-refractivity contribution in [1.82, 2.24) is 0 Å². The molecule has 126 valence electrons. The van der Waals surface area contributed by atoms with Crippen LogP contribution in [0.1, 0.15) is 17.5 Å². The minimum Gasteiger partial charge on any atom is -0.326 e. The maximum Gasteiger partial charge on any atom is 0.228 e. The van der Waals surface area contributed by atoms with E-state index in [0.717, 1.165) is 0 Å². The lowest BCUT2D eigenvalue weighted by Crippen LogP contribution is -2.14. The van der Waals surface area contributed by atoms with Crippen molar-refractivity contribution in [3.8, 4) is 0 Å². The summed E-state index contributed by atoms with van der Waals surface area (Å²) < 4.78 is 35.0. The lowest BCUT2D eigenvalue weighted by atomic mass is 10.2. The number of carbonyl (C=O) groups excluding carboxylic acids is 1. The van der Waals surface area contributed by atoms with Crippen molar-refractivity contribution in [3.63, 3.8) is 0 Å². The van der Waals surface area contributed by atoms with Crippen LogP contribution in [0.4, 0.5) is 10.1 Å². The molecule has 0 saturated heterocycles. The molecule has 0 aliphatic heterocycles. The van der Waals surface area contributed by atoms with Gasteiger partial charge in [0.05, 0.1) is 5.75 Å². The number of sulfonamides is 1. The van der Waals surface area contributed by atoms with Gasteiger partial charge in [0.1, 0.15) is 5.82 Å². The van der Waals surface area contributed by atoms with E-state index >= 15 is 0 Å². The molecule has 1 amide bonds. The second-order valence-corrected chi connectivity index (χ2v) is 6.83. The molecule has 0 atom stereocenters. The molecule has 0 heterocycles.